The molecular formula is C9H11NO2S. The highest BCUT2D eigenvalue weighted by Crippen LogP contribution is 2.30. The van der Waals surface area contributed by atoms with E-state index in [0.29, 0.717) is 0 Å². The second-order valence-corrected chi connectivity index (χ2v) is 5.62. The van der Waals surface area contributed by atoms with Crippen LogP contribution in [0.2, 0.25) is 0 Å². The van der Waals surface area contributed by atoms with Crippen LogP contribution >= 0.6 is 0 Å². The molecule has 1 heterocycles. The van der Waals surface area contributed by atoms with Gasteiger partial charge in [0.25, 0.3) is 0 Å². The van der Waals surface area contributed by atoms with Crippen molar-refractivity contribution < 1.29 is 8.42 Å². The quantitative estimate of drug-likeness (QED) is 0.703. The monoisotopic (exact) mass is 197 g/mol. The SMILES string of the molecule is NC1(c2ccccc2)CS(=O)(=O)C1. The Morgan fingerprint density at radius 1 is 1.15 bits per heavy atom. The van der Waals surface area contributed by atoms with E-state index in [2.05, 4.69) is 0 Å². The first kappa shape index (κ1) is 8.72. The summed E-state index contributed by atoms with van der Waals surface area (Å²) in [6.07, 6.45) is 0. The van der Waals surface area contributed by atoms with E-state index >= 15 is 0 Å². The molecule has 0 unspecified atom stereocenters. The van der Waals surface area contributed by atoms with Crippen LogP contribution in [0.25, 0.3) is 0 Å². The van der Waals surface area contributed by atoms with Crippen molar-refractivity contribution in [3.8, 4) is 0 Å². The molecule has 2 N–H and O–H groups in total. The maximum Gasteiger partial charge on any atom is 0.154 e. The fourth-order valence-electron chi connectivity index (χ4n) is 1.68. The van der Waals surface area contributed by atoms with Gasteiger partial charge in [0.1, 0.15) is 0 Å². The van der Waals surface area contributed by atoms with E-state index in [1.54, 1.807) is 0 Å². The van der Waals surface area contributed by atoms with Gasteiger partial charge in [-0.3, -0.25) is 0 Å². The Morgan fingerprint density at radius 2 is 1.69 bits per heavy atom. The van der Waals surface area contributed by atoms with E-state index in [1.165, 1.54) is 0 Å². The van der Waals surface area contributed by atoms with Crippen molar-refractivity contribution in [1.82, 2.24) is 0 Å². The molecule has 4 heteroatoms. The van der Waals surface area contributed by atoms with Crippen molar-refractivity contribution in [2.45, 2.75) is 5.54 Å². The van der Waals surface area contributed by atoms with Crippen LogP contribution in [0, 0.1) is 0 Å². The van der Waals surface area contributed by atoms with E-state index in [0.717, 1.165) is 5.56 Å². The summed E-state index contributed by atoms with van der Waals surface area (Å²) in [4.78, 5) is 0. The van der Waals surface area contributed by atoms with E-state index in [1.807, 2.05) is 30.3 Å². The predicted octanol–water partition coefficient (Wildman–Crippen LogP) is 0.269. The summed E-state index contributed by atoms with van der Waals surface area (Å²) in [6.45, 7) is 0. The van der Waals surface area contributed by atoms with Crippen LogP contribution in [0.4, 0.5) is 0 Å². The van der Waals surface area contributed by atoms with Gasteiger partial charge in [-0.2, -0.15) is 0 Å². The molecule has 0 saturated carbocycles. The summed E-state index contributed by atoms with van der Waals surface area (Å²) in [5.41, 5.74) is 6.19. The predicted molar refractivity (Wildman–Crippen MR) is 51.0 cm³/mol. The summed E-state index contributed by atoms with van der Waals surface area (Å²) < 4.78 is 22.0. The molecule has 1 aliphatic heterocycles. The van der Waals surface area contributed by atoms with Gasteiger partial charge in [-0.25, -0.2) is 8.42 Å². The Bertz CT molecular complexity index is 399. The van der Waals surface area contributed by atoms with Gasteiger partial charge >= 0.3 is 0 Å². The number of nitrogens with two attached hydrogens (primary N) is 1. The van der Waals surface area contributed by atoms with Crippen molar-refractivity contribution in [2.24, 2.45) is 5.73 Å². The average Bonchev–Trinajstić information content (AvgIpc) is 2.02. The van der Waals surface area contributed by atoms with Crippen molar-refractivity contribution in [1.29, 1.82) is 0 Å². The molecule has 3 nitrogen and oxygen atoms in total. The highest BCUT2D eigenvalue weighted by molar-refractivity contribution is 7.93. The van der Waals surface area contributed by atoms with Crippen LogP contribution in [0.3, 0.4) is 0 Å². The van der Waals surface area contributed by atoms with E-state index in [9.17, 15) is 8.42 Å². The lowest BCUT2D eigenvalue weighted by Gasteiger charge is -2.37. The molecule has 0 bridgehead atoms. The van der Waals surface area contributed by atoms with Crippen molar-refractivity contribution in [2.75, 3.05) is 11.5 Å². The smallest absolute Gasteiger partial charge is 0.154 e. The Balaban J connectivity index is 2.30. The number of benzene rings is 1. The van der Waals surface area contributed by atoms with Crippen LogP contribution in [0.5, 0.6) is 0 Å². The fourth-order valence-corrected chi connectivity index (χ4v) is 3.50. The van der Waals surface area contributed by atoms with Crippen molar-refractivity contribution in [3.05, 3.63) is 35.9 Å². The van der Waals surface area contributed by atoms with Gasteiger partial charge in [0.15, 0.2) is 9.84 Å². The number of hydrogen-bond acceptors (Lipinski definition) is 3. The molecule has 0 aliphatic carbocycles. The number of hydrogen-bond donors (Lipinski definition) is 1. The third-order valence-corrected chi connectivity index (χ3v) is 4.21. The molecule has 1 fully saturated rings. The molecule has 0 spiro atoms. The van der Waals surface area contributed by atoms with Gasteiger partial charge in [-0.1, -0.05) is 30.3 Å². The second-order valence-electron chi connectivity index (χ2n) is 3.55. The average molecular weight is 197 g/mol. The number of sulfone groups is 1. The van der Waals surface area contributed by atoms with Crippen LogP contribution in [0.1, 0.15) is 5.56 Å². The van der Waals surface area contributed by atoms with E-state index < -0.39 is 15.4 Å². The maximum absolute atomic E-state index is 11.0. The first-order valence-corrected chi connectivity index (χ1v) is 5.89. The molecule has 70 valence electrons. The van der Waals surface area contributed by atoms with Crippen LogP contribution in [-0.2, 0) is 15.4 Å². The minimum atomic E-state index is -2.86. The van der Waals surface area contributed by atoms with Crippen molar-refractivity contribution in [3.63, 3.8) is 0 Å². The fraction of sp³-hybridized carbons (Fsp3) is 0.333. The summed E-state index contributed by atoms with van der Waals surface area (Å²) in [5.74, 6) is 0.147. The topological polar surface area (TPSA) is 60.2 Å². The molecule has 0 radical (unpaired) electrons. The van der Waals surface area contributed by atoms with Crippen LogP contribution in [-0.4, -0.2) is 19.9 Å². The summed E-state index contributed by atoms with van der Waals surface area (Å²) in [6, 6.07) is 9.37. The minimum absolute atomic E-state index is 0.0734. The summed E-state index contributed by atoms with van der Waals surface area (Å²) >= 11 is 0. The standard InChI is InChI=1S/C9H11NO2S/c10-9(6-13(11,12)7-9)8-4-2-1-3-5-8/h1-5H,6-7,10H2. The lowest BCUT2D eigenvalue weighted by atomic mass is 9.94. The molecule has 1 aromatic rings. The van der Waals surface area contributed by atoms with Gasteiger partial charge in [0.2, 0.25) is 0 Å². The molecule has 13 heavy (non-hydrogen) atoms. The Kier molecular flexibility index (Phi) is 1.72. The molecule has 0 aromatic heterocycles. The van der Waals surface area contributed by atoms with E-state index in [4.69, 9.17) is 5.73 Å². The minimum Gasteiger partial charge on any atom is -0.320 e. The summed E-state index contributed by atoms with van der Waals surface area (Å²) in [7, 11) is -2.86. The second kappa shape index (κ2) is 2.56. The zero-order valence-corrected chi connectivity index (χ0v) is 7.92. The number of rotatable bonds is 1. The van der Waals surface area contributed by atoms with Gasteiger partial charge in [0.05, 0.1) is 17.0 Å². The van der Waals surface area contributed by atoms with E-state index in [-0.39, 0.29) is 11.5 Å². The largest absolute Gasteiger partial charge is 0.320 e. The van der Waals surface area contributed by atoms with Crippen LogP contribution in [0.15, 0.2) is 30.3 Å². The highest BCUT2D eigenvalue weighted by Gasteiger charge is 2.46. The normalized spacial score (nSPS) is 23.5. The zero-order chi connectivity index (χ0) is 9.53. The van der Waals surface area contributed by atoms with Gasteiger partial charge in [-0.05, 0) is 5.56 Å². The summed E-state index contributed by atoms with van der Waals surface area (Å²) in [5, 5.41) is 0. The Hall–Kier alpha value is -0.870. The van der Waals surface area contributed by atoms with Gasteiger partial charge in [-0.15, -0.1) is 0 Å². The zero-order valence-electron chi connectivity index (χ0n) is 7.10. The molecule has 0 amide bonds. The first-order valence-electron chi connectivity index (χ1n) is 4.07. The third kappa shape index (κ3) is 1.47. The molecule has 1 aromatic carbocycles. The van der Waals surface area contributed by atoms with Gasteiger partial charge in [0, 0.05) is 0 Å². The Labute approximate surface area is 77.5 Å². The third-order valence-electron chi connectivity index (χ3n) is 2.30. The van der Waals surface area contributed by atoms with Crippen LogP contribution < -0.4 is 5.73 Å². The lowest BCUT2D eigenvalue weighted by molar-refractivity contribution is 0.472. The first-order chi connectivity index (χ1) is 6.02. The molecule has 1 aliphatic rings. The molecule has 0 atom stereocenters. The van der Waals surface area contributed by atoms with Crippen molar-refractivity contribution >= 4 is 9.84 Å². The highest BCUT2D eigenvalue weighted by atomic mass is 32.2. The molecule has 2 rings (SSSR count). The van der Waals surface area contributed by atoms with Gasteiger partial charge < -0.3 is 5.73 Å². The molecule has 1 saturated heterocycles. The maximum atomic E-state index is 11.0. The molecular weight excluding hydrogens is 186 g/mol. The Morgan fingerprint density at radius 3 is 2.15 bits per heavy atom. The lowest BCUT2D eigenvalue weighted by Crippen LogP contribution is -2.58.